The summed E-state index contributed by atoms with van der Waals surface area (Å²) in [5, 5.41) is 0. The molecule has 0 saturated heterocycles. The van der Waals surface area contributed by atoms with Gasteiger partial charge in [-0.1, -0.05) is 57.9 Å². The van der Waals surface area contributed by atoms with Gasteiger partial charge in [-0.2, -0.15) is 0 Å². The lowest BCUT2D eigenvalue weighted by molar-refractivity contribution is 0.201. The van der Waals surface area contributed by atoms with Gasteiger partial charge in [0, 0.05) is 13.2 Å². The van der Waals surface area contributed by atoms with Gasteiger partial charge in [0.15, 0.2) is 0 Å². The Morgan fingerprint density at radius 3 is 1.75 bits per heavy atom. The molecule has 0 aromatic carbocycles. The second-order valence-corrected chi connectivity index (χ2v) is 8.49. The van der Waals surface area contributed by atoms with Gasteiger partial charge in [0.1, 0.15) is 0 Å². The molecule has 120 valence electrons. The van der Waals surface area contributed by atoms with Gasteiger partial charge < -0.3 is 8.85 Å². The molecule has 0 N–H and O–H groups in total. The molecule has 0 spiro atoms. The van der Waals surface area contributed by atoms with Crippen molar-refractivity contribution < 1.29 is 8.85 Å². The van der Waals surface area contributed by atoms with Crippen LogP contribution in [0, 0.1) is 0 Å². The molecule has 0 heterocycles. The summed E-state index contributed by atoms with van der Waals surface area (Å²) in [6, 6.07) is 0. The van der Waals surface area contributed by atoms with Crippen LogP contribution >= 0.6 is 0 Å². The number of hydrogen-bond donors (Lipinski definition) is 0. The number of unbranched alkanes of at least 4 members (excludes halogenated alkanes) is 8. The Kier molecular flexibility index (Phi) is 13.8. The lowest BCUT2D eigenvalue weighted by Gasteiger charge is -2.22. The molecular formula is C17H36O2Si. The summed E-state index contributed by atoms with van der Waals surface area (Å²) in [5.74, 6) is 0. The molecule has 0 unspecified atom stereocenters. The van der Waals surface area contributed by atoms with Crippen LogP contribution in [-0.2, 0) is 8.85 Å². The Morgan fingerprint density at radius 2 is 1.25 bits per heavy atom. The molecule has 0 aromatic rings. The molecule has 3 heteroatoms. The second-order valence-electron chi connectivity index (χ2n) is 5.55. The van der Waals surface area contributed by atoms with E-state index in [1.807, 2.05) is 13.8 Å². The Balaban J connectivity index is 3.58. The third kappa shape index (κ3) is 11.7. The summed E-state index contributed by atoms with van der Waals surface area (Å²) in [4.78, 5) is 0. The van der Waals surface area contributed by atoms with Gasteiger partial charge in [0.05, 0.1) is 0 Å². The molecule has 20 heavy (non-hydrogen) atoms. The van der Waals surface area contributed by atoms with Crippen LogP contribution < -0.4 is 0 Å². The zero-order valence-electron chi connectivity index (χ0n) is 14.2. The fraction of sp³-hybridized carbons (Fsp3) is 0.882. The molecule has 0 saturated carbocycles. The average Bonchev–Trinajstić information content (AvgIpc) is 2.41. The largest absolute Gasteiger partial charge is 0.392 e. The minimum atomic E-state index is -2.02. The highest BCUT2D eigenvalue weighted by Crippen LogP contribution is 2.12. The van der Waals surface area contributed by atoms with E-state index >= 15 is 0 Å². The van der Waals surface area contributed by atoms with Gasteiger partial charge >= 0.3 is 8.56 Å². The number of hydrogen-bond acceptors (Lipinski definition) is 2. The Hall–Kier alpha value is -0.123. The highest BCUT2D eigenvalue weighted by molar-refractivity contribution is 6.71. The Labute approximate surface area is 128 Å². The van der Waals surface area contributed by atoms with Crippen molar-refractivity contribution in [3.63, 3.8) is 0 Å². The van der Waals surface area contributed by atoms with Gasteiger partial charge in [-0.05, 0) is 38.9 Å². The van der Waals surface area contributed by atoms with Crippen molar-refractivity contribution in [3.05, 3.63) is 11.8 Å². The van der Waals surface area contributed by atoms with E-state index in [-0.39, 0.29) is 0 Å². The van der Waals surface area contributed by atoms with E-state index in [1.165, 1.54) is 51.4 Å². The summed E-state index contributed by atoms with van der Waals surface area (Å²) in [6.07, 6.45) is 14.5. The van der Waals surface area contributed by atoms with E-state index < -0.39 is 8.56 Å². The summed E-state index contributed by atoms with van der Waals surface area (Å²) in [6.45, 7) is 9.96. The molecule has 0 aliphatic rings. The van der Waals surface area contributed by atoms with E-state index in [1.54, 1.807) is 0 Å². The first-order valence-electron chi connectivity index (χ1n) is 8.64. The highest BCUT2D eigenvalue weighted by atomic mass is 28.4. The molecule has 0 bridgehead atoms. The smallest absolute Gasteiger partial charge is 0.361 e. The molecule has 2 nitrogen and oxygen atoms in total. The molecular weight excluding hydrogens is 264 g/mol. The van der Waals surface area contributed by atoms with E-state index in [2.05, 4.69) is 25.2 Å². The van der Waals surface area contributed by atoms with E-state index in [0.717, 1.165) is 19.6 Å². The maximum Gasteiger partial charge on any atom is 0.361 e. The van der Waals surface area contributed by atoms with Gasteiger partial charge in [0.25, 0.3) is 0 Å². The van der Waals surface area contributed by atoms with Crippen molar-refractivity contribution in [2.75, 3.05) is 13.2 Å². The molecule has 0 aliphatic carbocycles. The summed E-state index contributed by atoms with van der Waals surface area (Å²) >= 11 is 0. The Bertz CT molecular complexity index is 223. The van der Waals surface area contributed by atoms with Crippen molar-refractivity contribution in [1.82, 2.24) is 0 Å². The first-order chi connectivity index (χ1) is 9.68. The molecule has 0 aliphatic heterocycles. The summed E-state index contributed by atoms with van der Waals surface area (Å²) < 4.78 is 11.6. The molecule has 0 radical (unpaired) electrons. The van der Waals surface area contributed by atoms with Crippen LogP contribution in [0.5, 0.6) is 0 Å². The van der Waals surface area contributed by atoms with Crippen LogP contribution in [-0.4, -0.2) is 21.8 Å². The maximum absolute atomic E-state index is 5.78. The van der Waals surface area contributed by atoms with E-state index in [4.69, 9.17) is 8.85 Å². The third-order valence-corrected chi connectivity index (χ3v) is 6.07. The van der Waals surface area contributed by atoms with Crippen LogP contribution in [0.2, 0.25) is 6.55 Å². The molecule has 0 aromatic heterocycles. The first-order valence-corrected chi connectivity index (χ1v) is 11.0. The third-order valence-electron chi connectivity index (χ3n) is 3.51. The van der Waals surface area contributed by atoms with Gasteiger partial charge in [0.2, 0.25) is 0 Å². The number of rotatable bonds is 14. The second kappa shape index (κ2) is 13.8. The van der Waals surface area contributed by atoms with Crippen molar-refractivity contribution in [2.45, 2.75) is 85.1 Å². The standard InChI is InChI=1S/C17H36O2Si/c1-5-8-9-10-11-12-13-14-15-16-17-20(4,18-6-2)19-7-3/h16-17H,5-15H2,1-4H3. The normalized spacial score (nSPS) is 12.4. The first kappa shape index (κ1) is 19.9. The minimum Gasteiger partial charge on any atom is -0.392 e. The minimum absolute atomic E-state index is 0.741. The van der Waals surface area contributed by atoms with Crippen molar-refractivity contribution in [2.24, 2.45) is 0 Å². The topological polar surface area (TPSA) is 18.5 Å². The van der Waals surface area contributed by atoms with Crippen molar-refractivity contribution >= 4 is 8.56 Å². The predicted molar refractivity (Wildman–Crippen MR) is 91.2 cm³/mol. The lowest BCUT2D eigenvalue weighted by Crippen LogP contribution is -2.36. The SMILES string of the molecule is CCCCCCCCCCC=C[Si](C)(OCC)OCC. The van der Waals surface area contributed by atoms with Crippen LogP contribution in [0.15, 0.2) is 11.8 Å². The number of allylic oxidation sites excluding steroid dienone is 1. The lowest BCUT2D eigenvalue weighted by atomic mass is 10.1. The monoisotopic (exact) mass is 300 g/mol. The molecule has 0 rings (SSSR count). The Morgan fingerprint density at radius 1 is 0.750 bits per heavy atom. The van der Waals surface area contributed by atoms with Crippen LogP contribution in [0.1, 0.15) is 78.6 Å². The molecule has 0 fully saturated rings. The highest BCUT2D eigenvalue weighted by Gasteiger charge is 2.26. The van der Waals surface area contributed by atoms with Gasteiger partial charge in [-0.25, -0.2) is 0 Å². The fourth-order valence-corrected chi connectivity index (χ4v) is 4.42. The summed E-state index contributed by atoms with van der Waals surface area (Å²) in [7, 11) is -2.02. The van der Waals surface area contributed by atoms with Crippen LogP contribution in [0.3, 0.4) is 0 Å². The van der Waals surface area contributed by atoms with Gasteiger partial charge in [-0.15, -0.1) is 0 Å². The van der Waals surface area contributed by atoms with Crippen LogP contribution in [0.25, 0.3) is 0 Å². The summed E-state index contributed by atoms with van der Waals surface area (Å²) in [5.41, 5.74) is 2.21. The average molecular weight is 301 g/mol. The molecule has 0 amide bonds. The van der Waals surface area contributed by atoms with E-state index in [9.17, 15) is 0 Å². The maximum atomic E-state index is 5.78. The quantitative estimate of drug-likeness (QED) is 0.300. The van der Waals surface area contributed by atoms with Crippen molar-refractivity contribution in [1.29, 1.82) is 0 Å². The predicted octanol–water partition coefficient (Wildman–Crippen LogP) is 5.76. The van der Waals surface area contributed by atoms with Crippen LogP contribution in [0.4, 0.5) is 0 Å². The van der Waals surface area contributed by atoms with Gasteiger partial charge in [-0.3, -0.25) is 0 Å². The van der Waals surface area contributed by atoms with E-state index in [0.29, 0.717) is 0 Å². The zero-order chi connectivity index (χ0) is 15.1. The fourth-order valence-electron chi connectivity index (χ4n) is 2.40. The molecule has 0 atom stereocenters. The van der Waals surface area contributed by atoms with Crippen molar-refractivity contribution in [3.8, 4) is 0 Å². The zero-order valence-corrected chi connectivity index (χ0v) is 15.2.